The number of anilines is 1. The number of hydrogen-bond acceptors (Lipinski definition) is 6. The molecular weight excluding hydrogens is 440 g/mol. The number of sulfonamides is 1. The number of hydrogen-bond donors (Lipinski definition) is 1. The Morgan fingerprint density at radius 2 is 1.81 bits per heavy atom. The Balaban J connectivity index is 1.61. The maximum absolute atomic E-state index is 12.6. The molecule has 0 aliphatic rings. The Hall–Kier alpha value is -3.34. The van der Waals surface area contributed by atoms with Crippen molar-refractivity contribution in [3.63, 3.8) is 0 Å². The topological polar surface area (TPSA) is 105 Å². The van der Waals surface area contributed by atoms with Gasteiger partial charge in [-0.05, 0) is 35.9 Å². The van der Waals surface area contributed by atoms with Crippen molar-refractivity contribution >= 4 is 26.7 Å². The number of rotatable bonds is 7. The normalized spacial score (nSPS) is 12.2. The highest BCUT2D eigenvalue weighted by Crippen LogP contribution is 2.27. The van der Waals surface area contributed by atoms with E-state index in [9.17, 15) is 17.2 Å². The van der Waals surface area contributed by atoms with Crippen LogP contribution in [0.5, 0.6) is 0 Å². The quantitative estimate of drug-likeness (QED) is 0.430. The van der Waals surface area contributed by atoms with E-state index in [1.807, 2.05) is 13.8 Å². The Morgan fingerprint density at radius 3 is 2.41 bits per heavy atom. The molecule has 1 N–H and O–H groups in total. The van der Waals surface area contributed by atoms with Gasteiger partial charge in [0.2, 0.25) is 15.9 Å². The lowest BCUT2D eigenvalue weighted by atomic mass is 10.1. The van der Waals surface area contributed by atoms with Crippen molar-refractivity contribution in [1.29, 1.82) is 0 Å². The van der Waals surface area contributed by atoms with Crippen molar-refractivity contribution in [2.24, 2.45) is 0 Å². The van der Waals surface area contributed by atoms with Crippen molar-refractivity contribution in [3.8, 4) is 11.5 Å². The standard InChI is InChI=1S/C21H21F2N5O3S/c1-12(2)19-24-16-9-8-15(10-17(16)25-19)28(32(3,29)30)11-13-4-6-14(7-5-13)20-26-27-21(31-20)18(22)23/h4-10,12,18H,11H2,1-3H3,(H,24,25). The van der Waals surface area contributed by atoms with E-state index in [1.54, 1.807) is 42.5 Å². The van der Waals surface area contributed by atoms with Crippen LogP contribution in [-0.2, 0) is 16.6 Å². The number of aromatic nitrogens is 4. The molecule has 4 aromatic rings. The van der Waals surface area contributed by atoms with Gasteiger partial charge in [-0.1, -0.05) is 26.0 Å². The predicted octanol–water partition coefficient (Wildman–Crippen LogP) is 4.64. The lowest BCUT2D eigenvalue weighted by Gasteiger charge is -2.22. The van der Waals surface area contributed by atoms with E-state index in [0.717, 1.165) is 23.1 Å². The molecule has 0 amide bonds. The van der Waals surface area contributed by atoms with Crippen molar-refractivity contribution in [2.75, 3.05) is 10.6 Å². The van der Waals surface area contributed by atoms with Crippen LogP contribution >= 0.6 is 0 Å². The number of alkyl halides is 2. The average molecular weight is 461 g/mol. The molecule has 8 nitrogen and oxygen atoms in total. The van der Waals surface area contributed by atoms with Gasteiger partial charge in [-0.2, -0.15) is 8.78 Å². The van der Waals surface area contributed by atoms with Crippen LogP contribution in [0.1, 0.15) is 43.5 Å². The molecule has 0 atom stereocenters. The predicted molar refractivity (Wildman–Crippen MR) is 116 cm³/mol. The van der Waals surface area contributed by atoms with Crippen LogP contribution < -0.4 is 4.31 Å². The summed E-state index contributed by atoms with van der Waals surface area (Å²) in [7, 11) is -3.59. The molecular formula is C21H21F2N5O3S. The highest BCUT2D eigenvalue weighted by Gasteiger charge is 2.20. The summed E-state index contributed by atoms with van der Waals surface area (Å²) in [6, 6.07) is 11.9. The third-order valence-corrected chi connectivity index (χ3v) is 6.01. The number of H-pyrrole nitrogens is 1. The summed E-state index contributed by atoms with van der Waals surface area (Å²) in [6.07, 6.45) is -1.70. The second kappa shape index (κ2) is 8.30. The first-order chi connectivity index (χ1) is 15.1. The van der Waals surface area contributed by atoms with E-state index in [0.29, 0.717) is 16.8 Å². The maximum Gasteiger partial charge on any atom is 0.314 e. The van der Waals surface area contributed by atoms with Crippen molar-refractivity contribution in [3.05, 3.63) is 59.7 Å². The molecule has 0 radical (unpaired) electrons. The summed E-state index contributed by atoms with van der Waals surface area (Å²) in [5.74, 6) is 0.264. The molecule has 32 heavy (non-hydrogen) atoms. The second-order valence-corrected chi connectivity index (χ2v) is 9.60. The Kier molecular flexibility index (Phi) is 5.68. The van der Waals surface area contributed by atoms with Crippen LogP contribution in [0.2, 0.25) is 0 Å². The number of nitrogens with one attached hydrogen (secondary N) is 1. The van der Waals surface area contributed by atoms with E-state index in [1.165, 1.54) is 4.31 Å². The van der Waals surface area contributed by atoms with Gasteiger partial charge in [-0.3, -0.25) is 4.31 Å². The SMILES string of the molecule is CC(C)c1nc2ccc(N(Cc3ccc(-c4nnc(C(F)F)o4)cc3)S(C)(=O)=O)cc2[nH]1. The lowest BCUT2D eigenvalue weighted by molar-refractivity contribution is 0.116. The van der Waals surface area contributed by atoms with Gasteiger partial charge in [0.25, 0.3) is 5.89 Å². The fraction of sp³-hybridized carbons (Fsp3) is 0.286. The van der Waals surface area contributed by atoms with Gasteiger partial charge in [0, 0.05) is 11.5 Å². The van der Waals surface area contributed by atoms with Crippen LogP contribution in [-0.4, -0.2) is 34.8 Å². The zero-order valence-electron chi connectivity index (χ0n) is 17.6. The van der Waals surface area contributed by atoms with Crippen molar-refractivity contribution in [1.82, 2.24) is 20.2 Å². The first-order valence-corrected chi connectivity index (χ1v) is 11.6. The molecule has 11 heteroatoms. The van der Waals surface area contributed by atoms with E-state index in [-0.39, 0.29) is 18.4 Å². The minimum atomic E-state index is -3.59. The zero-order chi connectivity index (χ0) is 23.0. The average Bonchev–Trinajstić information content (AvgIpc) is 3.38. The highest BCUT2D eigenvalue weighted by atomic mass is 32.2. The molecule has 0 saturated heterocycles. The highest BCUT2D eigenvalue weighted by molar-refractivity contribution is 7.92. The molecule has 0 aliphatic carbocycles. The zero-order valence-corrected chi connectivity index (χ0v) is 18.4. The van der Waals surface area contributed by atoms with Gasteiger partial charge in [-0.15, -0.1) is 10.2 Å². The van der Waals surface area contributed by atoms with Gasteiger partial charge < -0.3 is 9.40 Å². The number of fused-ring (bicyclic) bond motifs is 1. The smallest absolute Gasteiger partial charge is 0.314 e. The van der Waals surface area contributed by atoms with E-state index in [2.05, 4.69) is 20.2 Å². The molecule has 0 spiro atoms. The first kappa shape index (κ1) is 21.9. The fourth-order valence-corrected chi connectivity index (χ4v) is 4.08. The van der Waals surface area contributed by atoms with Crippen LogP contribution in [0, 0.1) is 0 Å². The molecule has 2 aromatic heterocycles. The molecule has 0 bridgehead atoms. The summed E-state index contributed by atoms with van der Waals surface area (Å²) < 4.78 is 56.6. The third kappa shape index (κ3) is 4.47. The van der Waals surface area contributed by atoms with Crippen LogP contribution in [0.15, 0.2) is 46.9 Å². The molecule has 0 unspecified atom stereocenters. The largest absolute Gasteiger partial charge is 0.415 e. The molecule has 168 valence electrons. The summed E-state index contributed by atoms with van der Waals surface area (Å²) in [4.78, 5) is 7.75. The van der Waals surface area contributed by atoms with E-state index >= 15 is 0 Å². The molecule has 2 aromatic carbocycles. The lowest BCUT2D eigenvalue weighted by Crippen LogP contribution is -2.29. The summed E-state index contributed by atoms with van der Waals surface area (Å²) in [6.45, 7) is 4.13. The van der Waals surface area contributed by atoms with Gasteiger partial charge in [0.15, 0.2) is 0 Å². The first-order valence-electron chi connectivity index (χ1n) is 9.80. The van der Waals surface area contributed by atoms with Gasteiger partial charge in [0.1, 0.15) is 5.82 Å². The fourth-order valence-electron chi connectivity index (χ4n) is 3.20. The van der Waals surface area contributed by atoms with Crippen molar-refractivity contribution in [2.45, 2.75) is 32.7 Å². The van der Waals surface area contributed by atoms with Crippen LogP contribution in [0.4, 0.5) is 14.5 Å². The molecule has 0 fully saturated rings. The summed E-state index contributed by atoms with van der Waals surface area (Å²) >= 11 is 0. The number of halogens is 2. The Morgan fingerprint density at radius 1 is 1.09 bits per heavy atom. The molecule has 2 heterocycles. The van der Waals surface area contributed by atoms with Gasteiger partial charge in [0.05, 0.1) is 29.5 Å². The number of benzene rings is 2. The third-order valence-electron chi connectivity index (χ3n) is 4.87. The number of nitrogens with zero attached hydrogens (tertiary/aromatic N) is 4. The Labute approximate surface area is 183 Å². The number of imidazole rings is 1. The maximum atomic E-state index is 12.6. The number of aromatic amines is 1. The van der Waals surface area contributed by atoms with Gasteiger partial charge in [-0.25, -0.2) is 13.4 Å². The van der Waals surface area contributed by atoms with E-state index in [4.69, 9.17) is 4.42 Å². The van der Waals surface area contributed by atoms with Crippen LogP contribution in [0.3, 0.4) is 0 Å². The second-order valence-electron chi connectivity index (χ2n) is 7.69. The minimum Gasteiger partial charge on any atom is -0.415 e. The minimum absolute atomic E-state index is 0.0301. The summed E-state index contributed by atoms with van der Waals surface area (Å²) in [5, 5.41) is 6.93. The van der Waals surface area contributed by atoms with Crippen molar-refractivity contribution < 1.29 is 21.6 Å². The van der Waals surface area contributed by atoms with E-state index < -0.39 is 22.3 Å². The van der Waals surface area contributed by atoms with Crippen LogP contribution in [0.25, 0.3) is 22.5 Å². The summed E-state index contributed by atoms with van der Waals surface area (Å²) in [5.41, 5.74) is 3.17. The molecule has 4 rings (SSSR count). The molecule has 0 saturated carbocycles. The van der Waals surface area contributed by atoms with Gasteiger partial charge >= 0.3 is 6.43 Å². The molecule has 0 aliphatic heterocycles. The monoisotopic (exact) mass is 461 g/mol. The Bertz CT molecular complexity index is 1350.